The summed E-state index contributed by atoms with van der Waals surface area (Å²) in [7, 11) is 0. The molecule has 1 saturated carbocycles. The van der Waals surface area contributed by atoms with Gasteiger partial charge < -0.3 is 9.72 Å². The first kappa shape index (κ1) is 18.3. The van der Waals surface area contributed by atoms with Gasteiger partial charge in [0.05, 0.1) is 6.61 Å². The fourth-order valence-electron chi connectivity index (χ4n) is 4.80. The number of thiazole rings is 1. The minimum absolute atomic E-state index is 0.622. The van der Waals surface area contributed by atoms with Gasteiger partial charge in [0.15, 0.2) is 0 Å². The highest BCUT2D eigenvalue weighted by molar-refractivity contribution is 7.13. The summed E-state index contributed by atoms with van der Waals surface area (Å²) in [5, 5.41) is 4.40. The van der Waals surface area contributed by atoms with Crippen molar-refractivity contribution in [2.45, 2.75) is 51.0 Å². The van der Waals surface area contributed by atoms with Crippen LogP contribution < -0.4 is 0 Å². The van der Waals surface area contributed by atoms with Crippen LogP contribution in [0.2, 0.25) is 0 Å². The molecule has 1 aliphatic heterocycles. The largest absolute Gasteiger partial charge is 0.380 e. The summed E-state index contributed by atoms with van der Waals surface area (Å²) in [5.74, 6) is 0.622. The first-order valence-corrected chi connectivity index (χ1v) is 11.4. The first-order valence-electron chi connectivity index (χ1n) is 10.5. The van der Waals surface area contributed by atoms with E-state index < -0.39 is 0 Å². The molecule has 5 rings (SSSR count). The zero-order valence-corrected chi connectivity index (χ0v) is 17.3. The Morgan fingerprint density at radius 1 is 1.18 bits per heavy atom. The molecule has 4 heterocycles. The first-order chi connectivity index (χ1) is 13.8. The highest BCUT2D eigenvalue weighted by Crippen LogP contribution is 2.37. The average molecular weight is 397 g/mol. The van der Waals surface area contributed by atoms with Crippen LogP contribution in [0.1, 0.15) is 49.3 Å². The van der Waals surface area contributed by atoms with Gasteiger partial charge in [-0.25, -0.2) is 9.97 Å². The summed E-state index contributed by atoms with van der Waals surface area (Å²) < 4.78 is 5.63. The lowest BCUT2D eigenvalue weighted by Gasteiger charge is -2.36. The molecule has 3 aromatic heterocycles. The molecule has 3 aromatic rings. The fourth-order valence-corrected chi connectivity index (χ4v) is 5.63. The molecular weight excluding hydrogens is 368 g/mol. The van der Waals surface area contributed by atoms with E-state index >= 15 is 0 Å². The van der Waals surface area contributed by atoms with Crippen LogP contribution >= 0.6 is 11.3 Å². The third kappa shape index (κ3) is 3.61. The number of nitrogens with zero attached hydrogens (tertiary/aromatic N) is 3. The van der Waals surface area contributed by atoms with Crippen molar-refractivity contribution in [3.8, 4) is 10.6 Å². The predicted molar refractivity (Wildman–Crippen MR) is 114 cm³/mol. The van der Waals surface area contributed by atoms with Crippen LogP contribution in [-0.4, -0.2) is 52.2 Å². The summed E-state index contributed by atoms with van der Waals surface area (Å²) in [6, 6.07) is 3.09. The Labute approximate surface area is 170 Å². The van der Waals surface area contributed by atoms with Crippen molar-refractivity contribution in [1.82, 2.24) is 19.9 Å². The van der Waals surface area contributed by atoms with Gasteiger partial charge in [0.25, 0.3) is 0 Å². The maximum Gasteiger partial charge on any atom is 0.137 e. The van der Waals surface area contributed by atoms with Crippen molar-refractivity contribution in [2.75, 3.05) is 26.3 Å². The van der Waals surface area contributed by atoms with E-state index in [4.69, 9.17) is 9.72 Å². The third-order valence-corrected chi connectivity index (χ3v) is 7.34. The van der Waals surface area contributed by atoms with E-state index in [2.05, 4.69) is 38.7 Å². The Hall–Kier alpha value is -1.76. The molecule has 1 saturated heterocycles. The smallest absolute Gasteiger partial charge is 0.137 e. The second-order valence-corrected chi connectivity index (χ2v) is 9.03. The maximum absolute atomic E-state index is 5.63. The quantitative estimate of drug-likeness (QED) is 0.694. The van der Waals surface area contributed by atoms with E-state index in [0.717, 1.165) is 42.1 Å². The van der Waals surface area contributed by atoms with Crippen molar-refractivity contribution in [2.24, 2.45) is 0 Å². The second kappa shape index (κ2) is 7.93. The predicted octanol–water partition coefficient (Wildman–Crippen LogP) is 4.74. The van der Waals surface area contributed by atoms with Gasteiger partial charge in [0.1, 0.15) is 10.7 Å². The van der Waals surface area contributed by atoms with Gasteiger partial charge >= 0.3 is 0 Å². The van der Waals surface area contributed by atoms with Gasteiger partial charge in [-0.15, -0.1) is 11.3 Å². The van der Waals surface area contributed by atoms with Crippen molar-refractivity contribution < 1.29 is 4.74 Å². The molecule has 2 fully saturated rings. The summed E-state index contributed by atoms with van der Waals surface area (Å²) in [6.45, 7) is 6.17. The zero-order valence-electron chi connectivity index (χ0n) is 16.5. The van der Waals surface area contributed by atoms with E-state index in [1.807, 2.05) is 6.92 Å². The summed E-state index contributed by atoms with van der Waals surface area (Å²) in [6.07, 6.45) is 10.4. The number of nitrogens with one attached hydrogen (secondary N) is 1. The topological polar surface area (TPSA) is 54.0 Å². The minimum atomic E-state index is 0.622. The van der Waals surface area contributed by atoms with Crippen LogP contribution in [0.15, 0.2) is 23.8 Å². The van der Waals surface area contributed by atoms with Gasteiger partial charge in [-0.2, -0.15) is 0 Å². The number of aryl methyl sites for hydroxylation is 1. The minimum Gasteiger partial charge on any atom is -0.380 e. The molecule has 2 aliphatic rings. The van der Waals surface area contributed by atoms with Crippen LogP contribution in [0, 0.1) is 6.92 Å². The van der Waals surface area contributed by atoms with Crippen LogP contribution in [0.3, 0.4) is 0 Å². The SMILES string of the molecule is Cc1csc(-c2c[nH]c3ncc([C@H]4CC[C@H](N5CCCOCC5)CC4)cc23)n1. The van der Waals surface area contributed by atoms with Gasteiger partial charge in [0, 0.05) is 60.2 Å². The van der Waals surface area contributed by atoms with Crippen molar-refractivity contribution in [3.63, 3.8) is 0 Å². The lowest BCUT2D eigenvalue weighted by atomic mass is 9.81. The Kier molecular flexibility index (Phi) is 5.18. The number of pyridine rings is 1. The van der Waals surface area contributed by atoms with Gasteiger partial charge in [-0.3, -0.25) is 4.90 Å². The molecule has 148 valence electrons. The molecule has 1 aliphatic carbocycles. The molecule has 0 aromatic carbocycles. The van der Waals surface area contributed by atoms with Crippen molar-refractivity contribution in [3.05, 3.63) is 35.1 Å². The monoisotopic (exact) mass is 396 g/mol. The van der Waals surface area contributed by atoms with Crippen molar-refractivity contribution >= 4 is 22.4 Å². The number of ether oxygens (including phenoxy) is 1. The second-order valence-electron chi connectivity index (χ2n) is 8.17. The Morgan fingerprint density at radius 3 is 2.89 bits per heavy atom. The van der Waals surface area contributed by atoms with E-state index in [0.29, 0.717) is 5.92 Å². The number of hydrogen-bond donors (Lipinski definition) is 1. The number of fused-ring (bicyclic) bond motifs is 1. The fraction of sp³-hybridized carbons (Fsp3) is 0.545. The summed E-state index contributed by atoms with van der Waals surface area (Å²) in [4.78, 5) is 15.4. The van der Waals surface area contributed by atoms with Crippen LogP contribution in [0.4, 0.5) is 0 Å². The standard InChI is InChI=1S/C22H28N4OS/c1-15-14-28-22(25-15)20-13-24-21-19(20)11-17(12-23-21)16-3-5-18(6-4-16)26-7-2-9-27-10-8-26/h11-14,16,18H,2-10H2,1H3,(H,23,24)/t16-,18-. The maximum atomic E-state index is 5.63. The molecule has 0 unspecified atom stereocenters. The van der Waals surface area contributed by atoms with Gasteiger partial charge in [-0.1, -0.05) is 0 Å². The molecule has 0 radical (unpaired) electrons. The number of hydrogen-bond acceptors (Lipinski definition) is 5. The van der Waals surface area contributed by atoms with E-state index in [9.17, 15) is 0 Å². The Morgan fingerprint density at radius 2 is 2.07 bits per heavy atom. The highest BCUT2D eigenvalue weighted by atomic mass is 32.1. The van der Waals surface area contributed by atoms with E-state index in [-0.39, 0.29) is 0 Å². The van der Waals surface area contributed by atoms with Gasteiger partial charge in [-0.05, 0) is 56.6 Å². The lowest BCUT2D eigenvalue weighted by molar-refractivity contribution is 0.118. The molecular formula is C22H28N4OS. The molecule has 6 heteroatoms. The molecule has 0 bridgehead atoms. The Balaban J connectivity index is 1.33. The molecule has 0 spiro atoms. The van der Waals surface area contributed by atoms with Crippen LogP contribution in [0.5, 0.6) is 0 Å². The molecule has 5 nitrogen and oxygen atoms in total. The number of rotatable bonds is 3. The van der Waals surface area contributed by atoms with E-state index in [1.165, 1.54) is 55.2 Å². The highest BCUT2D eigenvalue weighted by Gasteiger charge is 2.27. The summed E-state index contributed by atoms with van der Waals surface area (Å²) in [5.41, 5.74) is 4.61. The molecule has 28 heavy (non-hydrogen) atoms. The van der Waals surface area contributed by atoms with E-state index in [1.54, 1.807) is 11.3 Å². The number of aromatic nitrogens is 3. The van der Waals surface area contributed by atoms with Gasteiger partial charge in [0.2, 0.25) is 0 Å². The van der Waals surface area contributed by atoms with Crippen molar-refractivity contribution in [1.29, 1.82) is 0 Å². The number of H-pyrrole nitrogens is 1. The molecule has 0 atom stereocenters. The zero-order chi connectivity index (χ0) is 18.9. The lowest BCUT2D eigenvalue weighted by Crippen LogP contribution is -2.39. The normalized spacial score (nSPS) is 24.5. The summed E-state index contributed by atoms with van der Waals surface area (Å²) >= 11 is 1.71. The number of aromatic amines is 1. The average Bonchev–Trinajstić information content (AvgIpc) is 3.24. The van der Waals surface area contributed by atoms with Crippen LogP contribution in [-0.2, 0) is 4.74 Å². The Bertz CT molecular complexity index is 933. The third-order valence-electron chi connectivity index (χ3n) is 6.34. The molecule has 1 N–H and O–H groups in total. The van der Waals surface area contributed by atoms with Crippen LogP contribution in [0.25, 0.3) is 21.6 Å². The molecule has 0 amide bonds.